The number of halogens is 1. The lowest BCUT2D eigenvalue weighted by Gasteiger charge is -2.14. The Morgan fingerprint density at radius 2 is 1.89 bits per heavy atom. The van der Waals surface area contributed by atoms with E-state index < -0.39 is 6.10 Å². The second-order valence-electron chi connectivity index (χ2n) is 4.29. The number of aryl methyl sites for hydroxylation is 1. The first-order valence-corrected chi connectivity index (χ1v) is 6.69. The fourth-order valence-corrected chi connectivity index (χ4v) is 2.40. The fraction of sp³-hybridized carbons (Fsp3) is 0.200. The Kier molecular flexibility index (Phi) is 4.39. The number of nitrogens with one attached hydrogen (secondary N) is 1. The van der Waals surface area contributed by atoms with Crippen LogP contribution < -0.4 is 5.32 Å². The molecule has 0 amide bonds. The molecule has 0 radical (unpaired) electrons. The van der Waals surface area contributed by atoms with E-state index in [-0.39, 0.29) is 0 Å². The molecule has 0 saturated heterocycles. The molecule has 1 atom stereocenters. The van der Waals surface area contributed by atoms with Gasteiger partial charge in [-0.05, 0) is 46.1 Å². The second kappa shape index (κ2) is 6.03. The van der Waals surface area contributed by atoms with E-state index in [0.29, 0.717) is 6.54 Å². The first-order chi connectivity index (χ1) is 8.66. The Morgan fingerprint density at radius 1 is 1.17 bits per heavy atom. The molecule has 0 aliphatic heterocycles. The van der Waals surface area contributed by atoms with Crippen molar-refractivity contribution < 1.29 is 5.11 Å². The van der Waals surface area contributed by atoms with Crippen molar-refractivity contribution in [2.45, 2.75) is 13.0 Å². The summed E-state index contributed by atoms with van der Waals surface area (Å²) in [6.45, 7) is 2.54. The van der Waals surface area contributed by atoms with Crippen LogP contribution >= 0.6 is 15.9 Å². The normalized spacial score (nSPS) is 12.2. The topological polar surface area (TPSA) is 32.3 Å². The van der Waals surface area contributed by atoms with Gasteiger partial charge in [0.1, 0.15) is 0 Å². The Morgan fingerprint density at radius 3 is 2.56 bits per heavy atom. The van der Waals surface area contributed by atoms with E-state index in [2.05, 4.69) is 27.3 Å². The van der Waals surface area contributed by atoms with Gasteiger partial charge in [-0.1, -0.05) is 36.4 Å². The van der Waals surface area contributed by atoms with Gasteiger partial charge in [-0.2, -0.15) is 0 Å². The Bertz CT molecular complexity index is 513. The first-order valence-electron chi connectivity index (χ1n) is 5.90. The van der Waals surface area contributed by atoms with Gasteiger partial charge in [0.05, 0.1) is 6.10 Å². The van der Waals surface area contributed by atoms with Gasteiger partial charge in [0.2, 0.25) is 0 Å². The van der Waals surface area contributed by atoms with Crippen molar-refractivity contribution in [2.75, 3.05) is 11.9 Å². The maximum Gasteiger partial charge on any atom is 0.0962 e. The molecular weight excluding hydrogens is 290 g/mol. The quantitative estimate of drug-likeness (QED) is 0.898. The van der Waals surface area contributed by atoms with E-state index in [9.17, 15) is 5.11 Å². The standard InChI is InChI=1S/C15H16BrNO/c1-11-7-8-14(13(16)9-11)17-10-15(18)12-5-3-2-4-6-12/h2-9,15,17-18H,10H2,1H3. The van der Waals surface area contributed by atoms with Gasteiger partial charge in [-0.15, -0.1) is 0 Å². The van der Waals surface area contributed by atoms with Gasteiger partial charge >= 0.3 is 0 Å². The number of rotatable bonds is 4. The Balaban J connectivity index is 1.99. The smallest absolute Gasteiger partial charge is 0.0962 e. The molecule has 18 heavy (non-hydrogen) atoms. The Labute approximate surface area is 116 Å². The van der Waals surface area contributed by atoms with Crippen molar-refractivity contribution in [3.8, 4) is 0 Å². The van der Waals surface area contributed by atoms with Crippen LogP contribution in [0.25, 0.3) is 0 Å². The fourth-order valence-electron chi connectivity index (χ4n) is 1.76. The van der Waals surface area contributed by atoms with E-state index in [1.165, 1.54) is 5.56 Å². The van der Waals surface area contributed by atoms with Gasteiger partial charge in [-0.3, -0.25) is 0 Å². The summed E-state index contributed by atoms with van der Waals surface area (Å²) < 4.78 is 1.02. The second-order valence-corrected chi connectivity index (χ2v) is 5.15. The highest BCUT2D eigenvalue weighted by molar-refractivity contribution is 9.10. The van der Waals surface area contributed by atoms with Crippen LogP contribution in [-0.2, 0) is 0 Å². The summed E-state index contributed by atoms with van der Waals surface area (Å²) in [5.74, 6) is 0. The van der Waals surface area contributed by atoms with Crippen LogP contribution in [0.15, 0.2) is 53.0 Å². The third-order valence-electron chi connectivity index (χ3n) is 2.79. The van der Waals surface area contributed by atoms with Gasteiger partial charge in [0.15, 0.2) is 0 Å². The van der Waals surface area contributed by atoms with E-state index in [0.717, 1.165) is 15.7 Å². The van der Waals surface area contributed by atoms with Crippen LogP contribution in [0.2, 0.25) is 0 Å². The third kappa shape index (κ3) is 3.34. The maximum absolute atomic E-state index is 10.0. The molecule has 0 heterocycles. The van der Waals surface area contributed by atoms with Crippen LogP contribution in [0, 0.1) is 6.92 Å². The van der Waals surface area contributed by atoms with Crippen molar-refractivity contribution in [1.29, 1.82) is 0 Å². The number of aliphatic hydroxyl groups is 1. The predicted octanol–water partition coefficient (Wildman–Crippen LogP) is 3.90. The molecule has 2 rings (SSSR count). The van der Waals surface area contributed by atoms with Gasteiger partial charge < -0.3 is 10.4 Å². The summed E-state index contributed by atoms with van der Waals surface area (Å²) in [7, 11) is 0. The lowest BCUT2D eigenvalue weighted by atomic mass is 10.1. The molecule has 0 spiro atoms. The Hall–Kier alpha value is -1.32. The summed E-state index contributed by atoms with van der Waals surface area (Å²) in [5.41, 5.74) is 3.12. The van der Waals surface area contributed by atoms with E-state index in [1.807, 2.05) is 49.4 Å². The van der Waals surface area contributed by atoms with Crippen LogP contribution in [0.5, 0.6) is 0 Å². The van der Waals surface area contributed by atoms with Crippen molar-refractivity contribution in [3.63, 3.8) is 0 Å². The monoisotopic (exact) mass is 305 g/mol. The highest BCUT2D eigenvalue weighted by Crippen LogP contribution is 2.24. The van der Waals surface area contributed by atoms with Gasteiger partial charge in [0, 0.05) is 16.7 Å². The summed E-state index contributed by atoms with van der Waals surface area (Å²) in [5, 5.41) is 13.3. The minimum Gasteiger partial charge on any atom is -0.387 e. The number of hydrogen-bond donors (Lipinski definition) is 2. The zero-order valence-electron chi connectivity index (χ0n) is 10.2. The highest BCUT2D eigenvalue weighted by atomic mass is 79.9. The number of benzene rings is 2. The molecule has 0 bridgehead atoms. The molecule has 94 valence electrons. The van der Waals surface area contributed by atoms with Crippen LogP contribution in [0.1, 0.15) is 17.2 Å². The lowest BCUT2D eigenvalue weighted by Crippen LogP contribution is -2.12. The average molecular weight is 306 g/mol. The molecule has 0 saturated carbocycles. The maximum atomic E-state index is 10.0. The molecule has 2 N–H and O–H groups in total. The number of anilines is 1. The number of aliphatic hydroxyl groups excluding tert-OH is 1. The SMILES string of the molecule is Cc1ccc(NCC(O)c2ccccc2)c(Br)c1. The summed E-state index contributed by atoms with van der Waals surface area (Å²) in [6, 6.07) is 15.8. The molecule has 0 aliphatic rings. The average Bonchev–Trinajstić information content (AvgIpc) is 2.38. The highest BCUT2D eigenvalue weighted by Gasteiger charge is 2.07. The predicted molar refractivity (Wildman–Crippen MR) is 78.8 cm³/mol. The minimum absolute atomic E-state index is 0.492. The van der Waals surface area contributed by atoms with E-state index >= 15 is 0 Å². The lowest BCUT2D eigenvalue weighted by molar-refractivity contribution is 0.191. The minimum atomic E-state index is -0.501. The van der Waals surface area contributed by atoms with Crippen molar-refractivity contribution >= 4 is 21.6 Å². The zero-order valence-corrected chi connectivity index (χ0v) is 11.8. The summed E-state index contributed by atoms with van der Waals surface area (Å²) in [4.78, 5) is 0. The molecule has 2 aromatic carbocycles. The summed E-state index contributed by atoms with van der Waals surface area (Å²) in [6.07, 6.45) is -0.501. The van der Waals surface area contributed by atoms with E-state index in [4.69, 9.17) is 0 Å². The van der Waals surface area contributed by atoms with E-state index in [1.54, 1.807) is 0 Å². The molecular formula is C15H16BrNO. The molecule has 3 heteroatoms. The molecule has 0 fully saturated rings. The first kappa shape index (κ1) is 13.1. The van der Waals surface area contributed by atoms with Crippen molar-refractivity contribution in [3.05, 3.63) is 64.1 Å². The molecule has 0 aromatic heterocycles. The number of hydrogen-bond acceptors (Lipinski definition) is 2. The summed E-state index contributed by atoms with van der Waals surface area (Å²) >= 11 is 3.51. The van der Waals surface area contributed by atoms with Crippen molar-refractivity contribution in [1.82, 2.24) is 0 Å². The molecule has 2 nitrogen and oxygen atoms in total. The van der Waals surface area contributed by atoms with Crippen LogP contribution in [-0.4, -0.2) is 11.7 Å². The molecule has 2 aromatic rings. The third-order valence-corrected chi connectivity index (χ3v) is 3.45. The van der Waals surface area contributed by atoms with Gasteiger partial charge in [0.25, 0.3) is 0 Å². The van der Waals surface area contributed by atoms with Crippen LogP contribution in [0.3, 0.4) is 0 Å². The largest absolute Gasteiger partial charge is 0.387 e. The molecule has 0 aliphatic carbocycles. The molecule has 1 unspecified atom stereocenters. The van der Waals surface area contributed by atoms with Crippen LogP contribution in [0.4, 0.5) is 5.69 Å². The van der Waals surface area contributed by atoms with Gasteiger partial charge in [-0.25, -0.2) is 0 Å². The van der Waals surface area contributed by atoms with Crippen molar-refractivity contribution in [2.24, 2.45) is 0 Å². The zero-order chi connectivity index (χ0) is 13.0.